The minimum absolute atomic E-state index is 0.0748. The van der Waals surface area contributed by atoms with E-state index in [1.54, 1.807) is 0 Å². The summed E-state index contributed by atoms with van der Waals surface area (Å²) in [5, 5.41) is 8.44. The van der Waals surface area contributed by atoms with Gasteiger partial charge in [-0.3, -0.25) is 0 Å². The lowest BCUT2D eigenvalue weighted by molar-refractivity contribution is 0.171. The van der Waals surface area contributed by atoms with Crippen LogP contribution >= 0.6 is 0 Å². The van der Waals surface area contributed by atoms with Gasteiger partial charge >= 0.3 is 0 Å². The molecule has 0 amide bonds. The normalized spacial score (nSPS) is 15.0. The van der Waals surface area contributed by atoms with Gasteiger partial charge in [-0.05, 0) is 12.1 Å². The Morgan fingerprint density at radius 3 is 2.53 bits per heavy atom. The Bertz CT molecular complexity index is 470. The summed E-state index contributed by atoms with van der Waals surface area (Å²) in [5.41, 5.74) is 0. The summed E-state index contributed by atoms with van der Waals surface area (Å²) < 4.78 is 32.9. The first-order chi connectivity index (χ1) is 7.13. The molecule has 6 nitrogen and oxygen atoms in total. The van der Waals surface area contributed by atoms with Gasteiger partial charge in [-0.2, -0.15) is 0 Å². The molecule has 0 unspecified atom stereocenters. The number of ether oxygens (including phenoxy) is 2. The van der Waals surface area contributed by atoms with Crippen LogP contribution in [0.15, 0.2) is 23.1 Å². The van der Waals surface area contributed by atoms with Crippen molar-refractivity contribution < 1.29 is 23.1 Å². The summed E-state index contributed by atoms with van der Waals surface area (Å²) in [6, 6.07) is 4.11. The molecule has 0 aliphatic carbocycles. The van der Waals surface area contributed by atoms with Crippen molar-refractivity contribution in [2.45, 2.75) is 4.90 Å². The first kappa shape index (κ1) is 10.2. The van der Waals surface area contributed by atoms with Crippen molar-refractivity contribution in [1.82, 2.24) is 4.89 Å². The summed E-state index contributed by atoms with van der Waals surface area (Å²) in [6.07, 6.45) is 0. The highest BCUT2D eigenvalue weighted by atomic mass is 32.2. The van der Waals surface area contributed by atoms with Gasteiger partial charge < -0.3 is 14.7 Å². The van der Waals surface area contributed by atoms with E-state index in [0.29, 0.717) is 24.7 Å². The first-order valence-electron chi connectivity index (χ1n) is 4.19. The van der Waals surface area contributed by atoms with Crippen LogP contribution in [-0.2, 0) is 10.0 Å². The number of hydrogen-bond acceptors (Lipinski definition) is 5. The van der Waals surface area contributed by atoms with E-state index in [4.69, 9.17) is 14.7 Å². The van der Waals surface area contributed by atoms with E-state index < -0.39 is 10.0 Å². The molecule has 0 aromatic heterocycles. The van der Waals surface area contributed by atoms with E-state index in [9.17, 15) is 8.42 Å². The van der Waals surface area contributed by atoms with E-state index in [1.807, 2.05) is 0 Å². The monoisotopic (exact) mass is 231 g/mol. The van der Waals surface area contributed by atoms with Crippen molar-refractivity contribution >= 4 is 10.0 Å². The van der Waals surface area contributed by atoms with E-state index >= 15 is 0 Å². The fourth-order valence-corrected chi connectivity index (χ4v) is 1.86. The zero-order valence-corrected chi connectivity index (χ0v) is 8.45. The van der Waals surface area contributed by atoms with Crippen LogP contribution in [0.25, 0.3) is 0 Å². The van der Waals surface area contributed by atoms with Crippen LogP contribution in [0.4, 0.5) is 0 Å². The fraction of sp³-hybridized carbons (Fsp3) is 0.250. The first-order valence-corrected chi connectivity index (χ1v) is 5.67. The van der Waals surface area contributed by atoms with Gasteiger partial charge in [0.05, 0.1) is 4.90 Å². The minimum Gasteiger partial charge on any atom is -0.486 e. The molecule has 82 valence electrons. The molecule has 1 aromatic carbocycles. The van der Waals surface area contributed by atoms with Crippen molar-refractivity contribution in [3.8, 4) is 11.5 Å². The lowest BCUT2D eigenvalue weighted by Gasteiger charge is -2.18. The Morgan fingerprint density at radius 2 is 1.87 bits per heavy atom. The molecule has 15 heavy (non-hydrogen) atoms. The highest BCUT2D eigenvalue weighted by Gasteiger charge is 2.18. The van der Waals surface area contributed by atoms with Crippen LogP contribution < -0.4 is 14.4 Å². The topological polar surface area (TPSA) is 84.9 Å². The smallest absolute Gasteiger partial charge is 0.262 e. The van der Waals surface area contributed by atoms with Gasteiger partial charge in [0.2, 0.25) is 0 Å². The second kappa shape index (κ2) is 3.69. The summed E-state index contributed by atoms with van der Waals surface area (Å²) >= 11 is 0. The SMILES string of the molecule is O=S(=O)(NO)c1ccc2c(c1)OCCO2. The van der Waals surface area contributed by atoms with E-state index in [2.05, 4.69) is 0 Å². The van der Waals surface area contributed by atoms with Crippen molar-refractivity contribution in [3.63, 3.8) is 0 Å². The van der Waals surface area contributed by atoms with Crippen LogP contribution in [0.1, 0.15) is 0 Å². The van der Waals surface area contributed by atoms with Gasteiger partial charge in [-0.25, -0.2) is 8.42 Å². The van der Waals surface area contributed by atoms with Gasteiger partial charge in [0.15, 0.2) is 11.5 Å². The molecule has 0 saturated heterocycles. The molecule has 1 aromatic rings. The van der Waals surface area contributed by atoms with Crippen molar-refractivity contribution in [1.29, 1.82) is 0 Å². The molecular weight excluding hydrogens is 222 g/mol. The van der Waals surface area contributed by atoms with Gasteiger partial charge in [-0.1, -0.05) is 4.89 Å². The number of fused-ring (bicyclic) bond motifs is 1. The lowest BCUT2D eigenvalue weighted by Crippen LogP contribution is -2.20. The molecule has 0 atom stereocenters. The zero-order chi connectivity index (χ0) is 10.9. The molecule has 1 aliphatic heterocycles. The van der Waals surface area contributed by atoms with Crippen LogP contribution in [0.3, 0.4) is 0 Å². The molecule has 2 rings (SSSR count). The van der Waals surface area contributed by atoms with Gasteiger partial charge in [0.1, 0.15) is 13.2 Å². The van der Waals surface area contributed by atoms with E-state index in [-0.39, 0.29) is 4.90 Å². The molecule has 1 aliphatic rings. The number of hydrogen-bond donors (Lipinski definition) is 2. The summed E-state index contributed by atoms with van der Waals surface area (Å²) in [6.45, 7) is 0.820. The number of rotatable bonds is 2. The molecular formula is C8H9NO5S. The third kappa shape index (κ3) is 1.89. The van der Waals surface area contributed by atoms with Gasteiger partial charge in [0, 0.05) is 6.07 Å². The Kier molecular flexibility index (Phi) is 2.51. The van der Waals surface area contributed by atoms with Gasteiger partial charge in [-0.15, -0.1) is 0 Å². The Balaban J connectivity index is 2.45. The van der Waals surface area contributed by atoms with Crippen molar-refractivity contribution in [2.75, 3.05) is 13.2 Å². The van der Waals surface area contributed by atoms with E-state index in [1.165, 1.54) is 23.1 Å². The maximum Gasteiger partial charge on any atom is 0.262 e. The fourth-order valence-electron chi connectivity index (χ4n) is 1.24. The van der Waals surface area contributed by atoms with Gasteiger partial charge in [0.25, 0.3) is 10.0 Å². The predicted octanol–water partition coefficient (Wildman–Crippen LogP) is 0.125. The van der Waals surface area contributed by atoms with Crippen LogP contribution in [0, 0.1) is 0 Å². The molecule has 0 spiro atoms. The highest BCUT2D eigenvalue weighted by Crippen LogP contribution is 2.31. The Morgan fingerprint density at radius 1 is 1.20 bits per heavy atom. The summed E-state index contributed by atoms with van der Waals surface area (Å²) in [4.78, 5) is 1.17. The average molecular weight is 231 g/mol. The second-order valence-electron chi connectivity index (χ2n) is 2.90. The third-order valence-electron chi connectivity index (χ3n) is 1.94. The summed E-state index contributed by atoms with van der Waals surface area (Å²) in [5.74, 6) is 0.857. The lowest BCUT2D eigenvalue weighted by atomic mass is 10.3. The molecule has 0 bridgehead atoms. The zero-order valence-electron chi connectivity index (χ0n) is 7.63. The van der Waals surface area contributed by atoms with E-state index in [0.717, 1.165) is 0 Å². The quantitative estimate of drug-likeness (QED) is 0.706. The highest BCUT2D eigenvalue weighted by molar-refractivity contribution is 7.89. The summed E-state index contributed by atoms with van der Waals surface area (Å²) in [7, 11) is -3.86. The Hall–Kier alpha value is -1.31. The number of sulfonamides is 1. The Labute approximate surface area is 86.4 Å². The molecule has 2 N–H and O–H groups in total. The minimum atomic E-state index is -3.86. The van der Waals surface area contributed by atoms with Crippen molar-refractivity contribution in [2.24, 2.45) is 0 Å². The third-order valence-corrected chi connectivity index (χ3v) is 3.06. The number of nitrogens with one attached hydrogen (secondary N) is 1. The molecule has 7 heteroatoms. The molecule has 1 heterocycles. The largest absolute Gasteiger partial charge is 0.486 e. The second-order valence-corrected chi connectivity index (χ2v) is 4.56. The maximum absolute atomic E-state index is 11.2. The molecule has 0 fully saturated rings. The number of benzene rings is 1. The van der Waals surface area contributed by atoms with Crippen LogP contribution in [-0.4, -0.2) is 26.8 Å². The van der Waals surface area contributed by atoms with Crippen LogP contribution in [0.5, 0.6) is 11.5 Å². The average Bonchev–Trinajstić information content (AvgIpc) is 2.28. The maximum atomic E-state index is 11.2. The van der Waals surface area contributed by atoms with Crippen LogP contribution in [0.2, 0.25) is 0 Å². The van der Waals surface area contributed by atoms with Crippen molar-refractivity contribution in [3.05, 3.63) is 18.2 Å². The predicted molar refractivity (Wildman–Crippen MR) is 49.5 cm³/mol. The molecule has 0 radical (unpaired) electrons. The standard InChI is InChI=1S/C8H9NO5S/c10-9-15(11,12)6-1-2-7-8(5-6)14-4-3-13-7/h1-2,5,9-10H,3-4H2. The molecule has 0 saturated carbocycles.